The number of allylic oxidation sites excluding steroid dienone is 1. The number of carboxylic acid groups (broad SMARTS) is 1. The lowest BCUT2D eigenvalue weighted by atomic mass is 10.0. The van der Waals surface area contributed by atoms with Gasteiger partial charge in [-0.05, 0) is 13.0 Å². The van der Waals surface area contributed by atoms with Gasteiger partial charge in [-0.2, -0.15) is 0 Å². The maximum absolute atomic E-state index is 13.6. The summed E-state index contributed by atoms with van der Waals surface area (Å²) < 4.78 is 18.4. The molecule has 0 atom stereocenters. The number of carboxylic acids is 1. The average molecular weight is 210 g/mol. The number of benzene rings is 1. The molecule has 0 fully saturated rings. The van der Waals surface area contributed by atoms with E-state index in [9.17, 15) is 9.18 Å². The van der Waals surface area contributed by atoms with Crippen LogP contribution >= 0.6 is 0 Å². The van der Waals surface area contributed by atoms with Crippen LogP contribution in [-0.2, 0) is 4.79 Å². The first-order chi connectivity index (χ1) is 7.11. The van der Waals surface area contributed by atoms with Gasteiger partial charge in [0.2, 0.25) is 0 Å². The SMILES string of the molecule is C/C=C(\C(=O)O)c1cccc(OC)c1F. The van der Waals surface area contributed by atoms with Gasteiger partial charge in [0, 0.05) is 5.56 Å². The van der Waals surface area contributed by atoms with E-state index in [1.807, 2.05) is 0 Å². The number of aliphatic carboxylic acids is 1. The molecule has 0 unspecified atom stereocenters. The minimum Gasteiger partial charge on any atom is -0.494 e. The van der Waals surface area contributed by atoms with E-state index in [0.29, 0.717) is 0 Å². The topological polar surface area (TPSA) is 46.5 Å². The van der Waals surface area contributed by atoms with E-state index in [-0.39, 0.29) is 16.9 Å². The summed E-state index contributed by atoms with van der Waals surface area (Å²) in [6.07, 6.45) is 1.35. The van der Waals surface area contributed by atoms with Gasteiger partial charge in [0.1, 0.15) is 0 Å². The molecule has 0 spiro atoms. The molecule has 0 saturated carbocycles. The Morgan fingerprint density at radius 1 is 1.53 bits per heavy atom. The summed E-state index contributed by atoms with van der Waals surface area (Å²) in [5.74, 6) is -1.78. The standard InChI is InChI=1S/C11H11FO3/c1-3-7(11(13)14)8-5-4-6-9(15-2)10(8)12/h3-6H,1-2H3,(H,13,14)/b7-3-. The first kappa shape index (κ1) is 11.2. The van der Waals surface area contributed by atoms with Crippen LogP contribution in [0.25, 0.3) is 5.57 Å². The quantitative estimate of drug-likeness (QED) is 0.779. The van der Waals surface area contributed by atoms with E-state index < -0.39 is 11.8 Å². The normalized spacial score (nSPS) is 11.3. The van der Waals surface area contributed by atoms with Gasteiger partial charge in [-0.1, -0.05) is 18.2 Å². The zero-order valence-corrected chi connectivity index (χ0v) is 8.45. The second kappa shape index (κ2) is 4.59. The maximum Gasteiger partial charge on any atom is 0.336 e. The molecule has 1 N–H and O–H groups in total. The molecule has 0 heterocycles. The Hall–Kier alpha value is -1.84. The minimum atomic E-state index is -1.16. The van der Waals surface area contributed by atoms with Crippen LogP contribution in [0.2, 0.25) is 0 Å². The zero-order valence-electron chi connectivity index (χ0n) is 8.45. The van der Waals surface area contributed by atoms with Gasteiger partial charge in [0.25, 0.3) is 0 Å². The number of carbonyl (C=O) groups is 1. The zero-order chi connectivity index (χ0) is 11.4. The Morgan fingerprint density at radius 2 is 2.20 bits per heavy atom. The van der Waals surface area contributed by atoms with Crippen molar-refractivity contribution in [2.24, 2.45) is 0 Å². The molecule has 0 aromatic heterocycles. The highest BCUT2D eigenvalue weighted by Gasteiger charge is 2.16. The summed E-state index contributed by atoms with van der Waals surface area (Å²) in [7, 11) is 1.33. The van der Waals surface area contributed by atoms with Gasteiger partial charge in [-0.15, -0.1) is 0 Å². The first-order valence-corrected chi connectivity index (χ1v) is 4.34. The van der Waals surface area contributed by atoms with Crippen molar-refractivity contribution in [3.8, 4) is 5.75 Å². The van der Waals surface area contributed by atoms with E-state index in [1.54, 1.807) is 13.0 Å². The summed E-state index contributed by atoms with van der Waals surface area (Å²) in [6.45, 7) is 1.54. The number of hydrogen-bond acceptors (Lipinski definition) is 2. The van der Waals surface area contributed by atoms with Crippen molar-refractivity contribution in [2.45, 2.75) is 6.92 Å². The lowest BCUT2D eigenvalue weighted by molar-refractivity contribution is -0.130. The first-order valence-electron chi connectivity index (χ1n) is 4.34. The summed E-state index contributed by atoms with van der Waals surface area (Å²) in [5, 5.41) is 8.84. The molecule has 80 valence electrons. The monoisotopic (exact) mass is 210 g/mol. The fourth-order valence-electron chi connectivity index (χ4n) is 1.27. The highest BCUT2D eigenvalue weighted by Crippen LogP contribution is 2.25. The molecule has 3 nitrogen and oxygen atoms in total. The third-order valence-corrected chi connectivity index (χ3v) is 1.99. The molecular weight excluding hydrogens is 199 g/mol. The summed E-state index contributed by atoms with van der Waals surface area (Å²) in [6, 6.07) is 4.39. The van der Waals surface area contributed by atoms with Crippen LogP contribution in [0.1, 0.15) is 12.5 Å². The van der Waals surface area contributed by atoms with Crippen LogP contribution in [0, 0.1) is 5.82 Å². The summed E-state index contributed by atoms with van der Waals surface area (Å²) in [5.41, 5.74) is -0.0456. The molecule has 0 aliphatic carbocycles. The number of ether oxygens (including phenoxy) is 1. The molecule has 0 saturated heterocycles. The lowest BCUT2D eigenvalue weighted by Crippen LogP contribution is -2.02. The van der Waals surface area contributed by atoms with Crippen molar-refractivity contribution in [3.63, 3.8) is 0 Å². The van der Waals surface area contributed by atoms with Crippen molar-refractivity contribution in [1.29, 1.82) is 0 Å². The van der Waals surface area contributed by atoms with Crippen molar-refractivity contribution in [1.82, 2.24) is 0 Å². The number of hydrogen-bond donors (Lipinski definition) is 1. The van der Waals surface area contributed by atoms with Crippen LogP contribution in [0.3, 0.4) is 0 Å². The van der Waals surface area contributed by atoms with E-state index in [0.717, 1.165) is 0 Å². The summed E-state index contributed by atoms with van der Waals surface area (Å²) >= 11 is 0. The third-order valence-electron chi connectivity index (χ3n) is 1.99. The van der Waals surface area contributed by atoms with Crippen LogP contribution in [0.15, 0.2) is 24.3 Å². The summed E-state index contributed by atoms with van der Waals surface area (Å²) in [4.78, 5) is 10.8. The molecule has 1 aromatic carbocycles. The Kier molecular flexibility index (Phi) is 3.44. The fraction of sp³-hybridized carbons (Fsp3) is 0.182. The van der Waals surface area contributed by atoms with Gasteiger partial charge in [-0.3, -0.25) is 0 Å². The second-order valence-electron chi connectivity index (χ2n) is 2.83. The van der Waals surface area contributed by atoms with Crippen molar-refractivity contribution < 1.29 is 19.0 Å². The molecule has 0 aliphatic rings. The predicted octanol–water partition coefficient (Wildman–Crippen LogP) is 2.32. The molecule has 0 radical (unpaired) electrons. The second-order valence-corrected chi connectivity index (χ2v) is 2.83. The molecule has 0 bridgehead atoms. The van der Waals surface area contributed by atoms with Gasteiger partial charge in [0.05, 0.1) is 12.7 Å². The molecule has 0 aliphatic heterocycles. The molecule has 4 heteroatoms. The Bertz CT molecular complexity index is 410. The highest BCUT2D eigenvalue weighted by molar-refractivity contribution is 6.15. The van der Waals surface area contributed by atoms with E-state index in [2.05, 4.69) is 0 Å². The smallest absolute Gasteiger partial charge is 0.336 e. The fourth-order valence-corrected chi connectivity index (χ4v) is 1.27. The molecule has 1 rings (SSSR count). The molecular formula is C11H11FO3. The van der Waals surface area contributed by atoms with E-state index in [1.165, 1.54) is 25.3 Å². The van der Waals surface area contributed by atoms with Gasteiger partial charge in [0.15, 0.2) is 11.6 Å². The van der Waals surface area contributed by atoms with E-state index in [4.69, 9.17) is 9.84 Å². The van der Waals surface area contributed by atoms with Crippen LogP contribution < -0.4 is 4.74 Å². The third kappa shape index (κ3) is 2.15. The highest BCUT2D eigenvalue weighted by atomic mass is 19.1. The number of halogens is 1. The minimum absolute atomic E-state index is 0.0318. The van der Waals surface area contributed by atoms with Gasteiger partial charge < -0.3 is 9.84 Å². The molecule has 0 amide bonds. The Labute approximate surface area is 86.8 Å². The van der Waals surface area contributed by atoms with Crippen LogP contribution in [0.5, 0.6) is 5.75 Å². The van der Waals surface area contributed by atoms with Crippen LogP contribution in [0.4, 0.5) is 4.39 Å². The van der Waals surface area contributed by atoms with Gasteiger partial charge in [-0.25, -0.2) is 9.18 Å². The van der Waals surface area contributed by atoms with Gasteiger partial charge >= 0.3 is 5.97 Å². The number of methoxy groups -OCH3 is 1. The lowest BCUT2D eigenvalue weighted by Gasteiger charge is -2.07. The van der Waals surface area contributed by atoms with Crippen molar-refractivity contribution >= 4 is 11.5 Å². The number of rotatable bonds is 3. The van der Waals surface area contributed by atoms with E-state index >= 15 is 0 Å². The Morgan fingerprint density at radius 3 is 2.67 bits per heavy atom. The van der Waals surface area contributed by atoms with Crippen molar-refractivity contribution in [3.05, 3.63) is 35.7 Å². The Balaban J connectivity index is 3.31. The van der Waals surface area contributed by atoms with Crippen molar-refractivity contribution in [2.75, 3.05) is 7.11 Å². The maximum atomic E-state index is 13.6. The average Bonchev–Trinajstić information content (AvgIpc) is 2.21. The molecule has 15 heavy (non-hydrogen) atoms. The predicted molar refractivity (Wildman–Crippen MR) is 54.2 cm³/mol. The van der Waals surface area contributed by atoms with Crippen LogP contribution in [-0.4, -0.2) is 18.2 Å². The largest absolute Gasteiger partial charge is 0.494 e. The molecule has 1 aromatic rings.